The van der Waals surface area contributed by atoms with E-state index in [0.717, 1.165) is 30.5 Å². The third-order valence-corrected chi connectivity index (χ3v) is 3.67. The first-order chi connectivity index (χ1) is 9.53. The number of nitrogens with zero attached hydrogens (tertiary/aromatic N) is 4. The van der Waals surface area contributed by atoms with E-state index >= 15 is 0 Å². The maximum Gasteiger partial charge on any atom is 0.253 e. The van der Waals surface area contributed by atoms with Crippen molar-refractivity contribution in [3.8, 4) is 11.6 Å². The molecule has 5 nitrogen and oxygen atoms in total. The molecule has 0 amide bonds. The fraction of sp³-hybridized carbons (Fsp3) is 0.467. The third kappa shape index (κ3) is 2.61. The molecule has 1 aliphatic carbocycles. The molecule has 104 valence electrons. The summed E-state index contributed by atoms with van der Waals surface area (Å²) < 4.78 is 5.36. The van der Waals surface area contributed by atoms with E-state index in [9.17, 15) is 0 Å². The summed E-state index contributed by atoms with van der Waals surface area (Å²) in [5, 5.41) is 3.99. The molecule has 0 saturated carbocycles. The zero-order valence-corrected chi connectivity index (χ0v) is 12.1. The molecule has 0 aliphatic heterocycles. The molecule has 0 saturated heterocycles. The Hall–Kier alpha value is -2.04. The highest BCUT2D eigenvalue weighted by atomic mass is 16.5. The van der Waals surface area contributed by atoms with Gasteiger partial charge in [-0.25, -0.2) is 9.97 Å². The molecule has 0 N–H and O–H groups in total. The molecule has 2 aromatic heterocycles. The van der Waals surface area contributed by atoms with Crippen molar-refractivity contribution < 1.29 is 4.52 Å². The van der Waals surface area contributed by atoms with Crippen LogP contribution in [0.1, 0.15) is 44.7 Å². The van der Waals surface area contributed by atoms with Gasteiger partial charge in [0.05, 0.1) is 0 Å². The minimum Gasteiger partial charge on any atom is -0.334 e. The molecule has 0 bridgehead atoms. The van der Waals surface area contributed by atoms with E-state index in [0.29, 0.717) is 23.0 Å². The highest BCUT2D eigenvalue weighted by molar-refractivity contribution is 5.60. The van der Waals surface area contributed by atoms with Gasteiger partial charge in [0.2, 0.25) is 11.6 Å². The van der Waals surface area contributed by atoms with Crippen LogP contribution in [0.4, 0.5) is 0 Å². The molecule has 20 heavy (non-hydrogen) atoms. The first-order valence-corrected chi connectivity index (χ1v) is 6.87. The molecule has 0 fully saturated rings. The fourth-order valence-electron chi connectivity index (χ4n) is 2.27. The molecule has 2 heterocycles. The Bertz CT molecular complexity index is 657. The van der Waals surface area contributed by atoms with Crippen LogP contribution in [0.15, 0.2) is 22.9 Å². The lowest BCUT2D eigenvalue weighted by molar-refractivity contribution is 0.329. The fourth-order valence-corrected chi connectivity index (χ4v) is 2.27. The van der Waals surface area contributed by atoms with Gasteiger partial charge in [-0.2, -0.15) is 4.98 Å². The van der Waals surface area contributed by atoms with Crippen molar-refractivity contribution in [2.24, 2.45) is 5.41 Å². The minimum absolute atomic E-state index is 0.367. The third-order valence-electron chi connectivity index (χ3n) is 3.67. The topological polar surface area (TPSA) is 64.7 Å². The number of aromatic nitrogens is 4. The predicted octanol–water partition coefficient (Wildman–Crippen LogP) is 3.43. The maximum absolute atomic E-state index is 5.36. The van der Waals surface area contributed by atoms with Gasteiger partial charge in [-0.15, -0.1) is 0 Å². The zero-order valence-electron chi connectivity index (χ0n) is 12.1. The molecule has 0 atom stereocenters. The van der Waals surface area contributed by atoms with Gasteiger partial charge < -0.3 is 4.52 Å². The average Bonchev–Trinajstić information content (AvgIpc) is 2.88. The van der Waals surface area contributed by atoms with Gasteiger partial charge in [0, 0.05) is 17.5 Å². The average molecular weight is 270 g/mol. The zero-order chi connectivity index (χ0) is 14.2. The second kappa shape index (κ2) is 4.81. The summed E-state index contributed by atoms with van der Waals surface area (Å²) in [6.07, 6.45) is 7.07. The predicted molar refractivity (Wildman–Crippen MR) is 75.7 cm³/mol. The summed E-state index contributed by atoms with van der Waals surface area (Å²) in [6, 6.07) is 1.84. The molecule has 0 unspecified atom stereocenters. The normalized spacial score (nSPS) is 17.9. The van der Waals surface area contributed by atoms with Gasteiger partial charge in [-0.3, -0.25) is 0 Å². The Morgan fingerprint density at radius 2 is 2.05 bits per heavy atom. The summed E-state index contributed by atoms with van der Waals surface area (Å²) >= 11 is 0. The van der Waals surface area contributed by atoms with Crippen LogP contribution in [0.5, 0.6) is 0 Å². The largest absolute Gasteiger partial charge is 0.334 e. The molecule has 0 aromatic carbocycles. The summed E-state index contributed by atoms with van der Waals surface area (Å²) in [5.74, 6) is 1.56. The lowest BCUT2D eigenvalue weighted by atomic mass is 9.78. The van der Waals surface area contributed by atoms with Crippen molar-refractivity contribution >= 4 is 5.57 Å². The minimum atomic E-state index is 0.367. The maximum atomic E-state index is 5.36. The van der Waals surface area contributed by atoms with Gasteiger partial charge in [0.25, 0.3) is 5.89 Å². The first kappa shape index (κ1) is 13.0. The Balaban J connectivity index is 1.86. The van der Waals surface area contributed by atoms with E-state index in [4.69, 9.17) is 4.52 Å². The van der Waals surface area contributed by atoms with Crippen LogP contribution in [-0.4, -0.2) is 20.1 Å². The Labute approximate surface area is 118 Å². The molecule has 2 aromatic rings. The second-order valence-corrected chi connectivity index (χ2v) is 6.04. The van der Waals surface area contributed by atoms with Crippen molar-refractivity contribution in [1.82, 2.24) is 20.1 Å². The monoisotopic (exact) mass is 270 g/mol. The number of rotatable bonds is 2. The smallest absolute Gasteiger partial charge is 0.253 e. The van der Waals surface area contributed by atoms with Crippen molar-refractivity contribution in [1.29, 1.82) is 0 Å². The quantitative estimate of drug-likeness (QED) is 0.836. The second-order valence-electron chi connectivity index (χ2n) is 6.04. The van der Waals surface area contributed by atoms with Crippen LogP contribution in [0.2, 0.25) is 0 Å². The lowest BCUT2D eigenvalue weighted by Crippen LogP contribution is -2.14. The molecular weight excluding hydrogens is 252 g/mol. The summed E-state index contributed by atoms with van der Waals surface area (Å²) in [6.45, 7) is 6.47. The molecule has 1 aliphatic rings. The number of hydrogen-bond acceptors (Lipinski definition) is 5. The van der Waals surface area contributed by atoms with Crippen LogP contribution < -0.4 is 0 Å². The van der Waals surface area contributed by atoms with E-state index in [1.807, 2.05) is 13.0 Å². The molecular formula is C15H18N4O. The van der Waals surface area contributed by atoms with E-state index < -0.39 is 0 Å². The number of aryl methyl sites for hydroxylation is 1. The summed E-state index contributed by atoms with van der Waals surface area (Å²) in [4.78, 5) is 12.9. The lowest BCUT2D eigenvalue weighted by Gasteiger charge is -2.27. The first-order valence-electron chi connectivity index (χ1n) is 6.87. The SMILES string of the molecule is Cc1ccnc(-c2noc(C3=CCC(C)(C)CC3)n2)n1. The van der Waals surface area contributed by atoms with Crippen molar-refractivity contribution in [3.05, 3.63) is 29.9 Å². The van der Waals surface area contributed by atoms with Gasteiger partial charge in [0.15, 0.2) is 0 Å². The highest BCUT2D eigenvalue weighted by Crippen LogP contribution is 2.37. The molecule has 5 heteroatoms. The Morgan fingerprint density at radius 1 is 1.20 bits per heavy atom. The van der Waals surface area contributed by atoms with Crippen LogP contribution in [0.3, 0.4) is 0 Å². The highest BCUT2D eigenvalue weighted by Gasteiger charge is 2.24. The van der Waals surface area contributed by atoms with Gasteiger partial charge in [-0.05, 0) is 37.7 Å². The van der Waals surface area contributed by atoms with Crippen molar-refractivity contribution in [2.45, 2.75) is 40.0 Å². The van der Waals surface area contributed by atoms with Crippen LogP contribution in [-0.2, 0) is 0 Å². The van der Waals surface area contributed by atoms with E-state index in [1.54, 1.807) is 6.20 Å². The standard InChI is InChI=1S/C15H18N4O/c1-10-6-9-16-12(17-10)13-18-14(20-19-13)11-4-7-15(2,3)8-5-11/h4,6,9H,5,7-8H2,1-3H3. The van der Waals surface area contributed by atoms with Gasteiger partial charge in [0.1, 0.15) is 0 Å². The van der Waals surface area contributed by atoms with E-state index in [1.165, 1.54) is 0 Å². The summed E-state index contributed by atoms with van der Waals surface area (Å²) in [5.41, 5.74) is 2.39. The number of hydrogen-bond donors (Lipinski definition) is 0. The Kier molecular flexibility index (Phi) is 3.12. The molecule has 0 radical (unpaired) electrons. The number of allylic oxidation sites excluding steroid dienone is 2. The van der Waals surface area contributed by atoms with Crippen LogP contribution >= 0.6 is 0 Å². The van der Waals surface area contributed by atoms with Gasteiger partial charge >= 0.3 is 0 Å². The van der Waals surface area contributed by atoms with Gasteiger partial charge in [-0.1, -0.05) is 25.1 Å². The van der Waals surface area contributed by atoms with Crippen molar-refractivity contribution in [3.63, 3.8) is 0 Å². The molecule has 0 spiro atoms. The van der Waals surface area contributed by atoms with Crippen LogP contribution in [0.25, 0.3) is 17.2 Å². The van der Waals surface area contributed by atoms with Crippen molar-refractivity contribution in [2.75, 3.05) is 0 Å². The van der Waals surface area contributed by atoms with Crippen LogP contribution in [0, 0.1) is 12.3 Å². The molecule has 3 rings (SSSR count). The van der Waals surface area contributed by atoms with E-state index in [2.05, 4.69) is 40.0 Å². The Morgan fingerprint density at radius 3 is 2.75 bits per heavy atom. The summed E-state index contributed by atoms with van der Waals surface area (Å²) in [7, 11) is 0. The van der Waals surface area contributed by atoms with E-state index in [-0.39, 0.29) is 0 Å².